The molecule has 101 valence electrons. The third-order valence-corrected chi connectivity index (χ3v) is 2.40. The minimum Gasteiger partial charge on any atom is -0.330 e. The fourth-order valence-corrected chi connectivity index (χ4v) is 1.40. The SMILES string of the molecule is NCCC[N]C(=O)[C@H](CCCN)NCCCN. The molecule has 0 aromatic rings. The minimum absolute atomic E-state index is 0.0936. The Hall–Kier alpha value is -0.690. The summed E-state index contributed by atoms with van der Waals surface area (Å²) in [6, 6.07) is -0.220. The highest BCUT2D eigenvalue weighted by Crippen LogP contribution is 1.97. The van der Waals surface area contributed by atoms with Gasteiger partial charge >= 0.3 is 0 Å². The van der Waals surface area contributed by atoms with E-state index in [0.717, 1.165) is 32.2 Å². The minimum atomic E-state index is -0.220. The Bertz CT molecular complexity index is 189. The number of nitrogens with two attached hydrogens (primary N) is 3. The molecule has 0 aliphatic carbocycles. The van der Waals surface area contributed by atoms with E-state index in [1.165, 1.54) is 0 Å². The molecule has 0 saturated heterocycles. The lowest BCUT2D eigenvalue weighted by atomic mass is 10.1. The fraction of sp³-hybridized carbons (Fsp3) is 0.909. The van der Waals surface area contributed by atoms with Gasteiger partial charge in [0.05, 0.1) is 6.04 Å². The number of hydrogen-bond acceptors (Lipinski definition) is 5. The van der Waals surface area contributed by atoms with Crippen molar-refractivity contribution < 1.29 is 4.79 Å². The summed E-state index contributed by atoms with van der Waals surface area (Å²) in [4.78, 5) is 11.8. The van der Waals surface area contributed by atoms with Crippen molar-refractivity contribution >= 4 is 5.91 Å². The lowest BCUT2D eigenvalue weighted by molar-refractivity contribution is -0.123. The molecule has 0 heterocycles. The number of nitrogens with one attached hydrogen (secondary N) is 1. The highest BCUT2D eigenvalue weighted by atomic mass is 16.2. The van der Waals surface area contributed by atoms with Crippen LogP contribution in [0.3, 0.4) is 0 Å². The molecule has 0 bridgehead atoms. The molecule has 0 saturated carbocycles. The summed E-state index contributed by atoms with van der Waals surface area (Å²) in [6.07, 6.45) is 3.15. The number of hydrogen-bond donors (Lipinski definition) is 4. The standard InChI is InChI=1S/C11H26N5O/c12-5-1-4-10(15-8-2-6-13)11(17)16-9-3-7-14/h10,15H,1-9,12-14H2/t10-/m0/s1. The van der Waals surface area contributed by atoms with Crippen LogP contribution < -0.4 is 27.8 Å². The van der Waals surface area contributed by atoms with Crippen LogP contribution >= 0.6 is 0 Å². The first kappa shape index (κ1) is 16.3. The molecule has 6 heteroatoms. The van der Waals surface area contributed by atoms with Crippen LogP contribution in [0.5, 0.6) is 0 Å². The van der Waals surface area contributed by atoms with Gasteiger partial charge in [-0.1, -0.05) is 0 Å². The molecule has 0 aliphatic heterocycles. The second kappa shape index (κ2) is 11.8. The summed E-state index contributed by atoms with van der Waals surface area (Å²) in [5.41, 5.74) is 16.2. The molecular weight excluding hydrogens is 218 g/mol. The Morgan fingerprint density at radius 1 is 1.06 bits per heavy atom. The van der Waals surface area contributed by atoms with Crippen molar-refractivity contribution in [1.82, 2.24) is 10.6 Å². The summed E-state index contributed by atoms with van der Waals surface area (Å²) >= 11 is 0. The van der Waals surface area contributed by atoms with E-state index in [1.807, 2.05) is 0 Å². The van der Waals surface area contributed by atoms with E-state index in [0.29, 0.717) is 26.2 Å². The third kappa shape index (κ3) is 9.05. The maximum absolute atomic E-state index is 11.8. The maximum atomic E-state index is 11.8. The number of rotatable bonds is 11. The normalized spacial score (nSPS) is 12.4. The predicted molar refractivity (Wildman–Crippen MR) is 69.4 cm³/mol. The average Bonchev–Trinajstić information content (AvgIpc) is 2.33. The lowest BCUT2D eigenvalue weighted by Crippen LogP contribution is -2.42. The second-order valence-corrected chi connectivity index (χ2v) is 3.94. The van der Waals surface area contributed by atoms with Gasteiger partial charge in [0.25, 0.3) is 5.91 Å². The number of carbonyl (C=O) groups is 1. The first-order chi connectivity index (χ1) is 8.26. The van der Waals surface area contributed by atoms with Crippen LogP contribution in [0.1, 0.15) is 25.7 Å². The van der Waals surface area contributed by atoms with Gasteiger partial charge in [0.15, 0.2) is 0 Å². The van der Waals surface area contributed by atoms with Crippen molar-refractivity contribution in [3.8, 4) is 0 Å². The van der Waals surface area contributed by atoms with Gasteiger partial charge in [0, 0.05) is 6.54 Å². The van der Waals surface area contributed by atoms with Crippen molar-refractivity contribution in [1.29, 1.82) is 0 Å². The van der Waals surface area contributed by atoms with Crippen LogP contribution in [0.4, 0.5) is 0 Å². The summed E-state index contributed by atoms with van der Waals surface area (Å²) in [6.45, 7) is 3.02. The van der Waals surface area contributed by atoms with E-state index in [2.05, 4.69) is 10.6 Å². The van der Waals surface area contributed by atoms with E-state index in [9.17, 15) is 4.79 Å². The number of amides is 1. The van der Waals surface area contributed by atoms with Gasteiger partial charge in [-0.15, -0.1) is 0 Å². The Kier molecular flexibility index (Phi) is 11.3. The first-order valence-corrected chi connectivity index (χ1v) is 6.31. The highest BCUT2D eigenvalue weighted by molar-refractivity contribution is 5.81. The second-order valence-electron chi connectivity index (χ2n) is 3.94. The van der Waals surface area contributed by atoms with Crippen molar-refractivity contribution in [3.05, 3.63) is 0 Å². The van der Waals surface area contributed by atoms with E-state index in [4.69, 9.17) is 17.2 Å². The molecular formula is C11H26N5O. The molecule has 6 nitrogen and oxygen atoms in total. The molecule has 7 N–H and O–H groups in total. The molecule has 17 heavy (non-hydrogen) atoms. The zero-order chi connectivity index (χ0) is 12.9. The quantitative estimate of drug-likeness (QED) is 0.330. The van der Waals surface area contributed by atoms with Crippen LogP contribution in [-0.4, -0.2) is 44.7 Å². The van der Waals surface area contributed by atoms with Crippen molar-refractivity contribution in [2.75, 3.05) is 32.7 Å². The summed E-state index contributed by atoms with van der Waals surface area (Å²) < 4.78 is 0. The van der Waals surface area contributed by atoms with Gasteiger partial charge < -0.3 is 22.5 Å². The Morgan fingerprint density at radius 3 is 2.29 bits per heavy atom. The molecule has 0 aliphatic rings. The highest BCUT2D eigenvalue weighted by Gasteiger charge is 2.17. The average molecular weight is 244 g/mol. The summed E-state index contributed by atoms with van der Waals surface area (Å²) in [5.74, 6) is -0.0936. The van der Waals surface area contributed by atoms with E-state index < -0.39 is 0 Å². The maximum Gasteiger partial charge on any atom is 0.258 e. The zero-order valence-corrected chi connectivity index (χ0v) is 10.5. The van der Waals surface area contributed by atoms with Crippen LogP contribution in [0.15, 0.2) is 0 Å². The fourth-order valence-electron chi connectivity index (χ4n) is 1.40. The summed E-state index contributed by atoms with van der Waals surface area (Å²) in [5, 5.41) is 7.16. The third-order valence-electron chi connectivity index (χ3n) is 2.40. The van der Waals surface area contributed by atoms with E-state index >= 15 is 0 Å². The Balaban J connectivity index is 3.91. The van der Waals surface area contributed by atoms with Gasteiger partial charge in [0.2, 0.25) is 0 Å². The monoisotopic (exact) mass is 244 g/mol. The van der Waals surface area contributed by atoms with Crippen LogP contribution in [0.2, 0.25) is 0 Å². The molecule has 1 amide bonds. The van der Waals surface area contributed by atoms with Gasteiger partial charge in [-0.25, -0.2) is 0 Å². The van der Waals surface area contributed by atoms with Crippen molar-refractivity contribution in [2.45, 2.75) is 31.7 Å². The Morgan fingerprint density at radius 2 is 1.71 bits per heavy atom. The van der Waals surface area contributed by atoms with Gasteiger partial charge in [-0.3, -0.25) is 10.1 Å². The van der Waals surface area contributed by atoms with Crippen molar-refractivity contribution in [3.63, 3.8) is 0 Å². The number of carbonyl (C=O) groups excluding carboxylic acids is 1. The molecule has 0 fully saturated rings. The first-order valence-electron chi connectivity index (χ1n) is 6.31. The molecule has 0 aromatic heterocycles. The zero-order valence-electron chi connectivity index (χ0n) is 10.5. The molecule has 1 atom stereocenters. The molecule has 0 unspecified atom stereocenters. The van der Waals surface area contributed by atoms with Crippen molar-refractivity contribution in [2.24, 2.45) is 17.2 Å². The van der Waals surface area contributed by atoms with Crippen LogP contribution in [-0.2, 0) is 4.79 Å². The molecule has 0 aromatic carbocycles. The largest absolute Gasteiger partial charge is 0.330 e. The molecule has 0 spiro atoms. The molecule has 0 rings (SSSR count). The topological polar surface area (TPSA) is 121 Å². The van der Waals surface area contributed by atoms with Crippen LogP contribution in [0.25, 0.3) is 0 Å². The van der Waals surface area contributed by atoms with Gasteiger partial charge in [-0.2, -0.15) is 0 Å². The smallest absolute Gasteiger partial charge is 0.258 e. The Labute approximate surface area is 104 Å². The number of nitrogens with zero attached hydrogens (tertiary/aromatic N) is 1. The predicted octanol–water partition coefficient (Wildman–Crippen LogP) is -1.49. The lowest BCUT2D eigenvalue weighted by Gasteiger charge is -2.16. The summed E-state index contributed by atoms with van der Waals surface area (Å²) in [7, 11) is 0. The van der Waals surface area contributed by atoms with E-state index in [1.54, 1.807) is 0 Å². The molecule has 1 radical (unpaired) electrons. The van der Waals surface area contributed by atoms with E-state index in [-0.39, 0.29) is 11.9 Å². The van der Waals surface area contributed by atoms with Crippen LogP contribution in [0, 0.1) is 0 Å². The van der Waals surface area contributed by atoms with Gasteiger partial charge in [0.1, 0.15) is 0 Å². The van der Waals surface area contributed by atoms with Gasteiger partial charge in [-0.05, 0) is 51.9 Å².